The van der Waals surface area contributed by atoms with E-state index in [9.17, 15) is 9.90 Å². The maximum Gasteiger partial charge on any atom is 0.307 e. The summed E-state index contributed by atoms with van der Waals surface area (Å²) in [4.78, 5) is 15.2. The minimum absolute atomic E-state index is 0. The zero-order chi connectivity index (χ0) is 10.5. The standard InChI is InChI=1S/C12H13NO2.ClH/c14-11(15)10-8-1-4-12(10,7-8)9-2-5-13-6-3-9;/h2-3,5-6,8,10H,1,4,7H2,(H,14,15);1H/t8-,10+,12+;/m1./s1. The predicted molar refractivity (Wildman–Crippen MR) is 61.6 cm³/mol. The lowest BCUT2D eigenvalue weighted by molar-refractivity contribution is -0.150. The molecule has 3 aliphatic rings. The van der Waals surface area contributed by atoms with Crippen molar-refractivity contribution >= 4 is 18.4 Å². The largest absolute Gasteiger partial charge is 0.481 e. The van der Waals surface area contributed by atoms with Crippen molar-refractivity contribution in [3.8, 4) is 0 Å². The van der Waals surface area contributed by atoms with Crippen LogP contribution in [0.2, 0.25) is 0 Å². The molecule has 2 bridgehead atoms. The Bertz CT molecular complexity index is 405. The zero-order valence-corrected chi connectivity index (χ0v) is 9.61. The summed E-state index contributed by atoms with van der Waals surface area (Å²) in [7, 11) is 0. The molecule has 1 heterocycles. The summed E-state index contributed by atoms with van der Waals surface area (Å²) in [6.07, 6.45) is 6.66. The Morgan fingerprint density at radius 2 is 2.12 bits per heavy atom. The molecule has 0 spiro atoms. The number of nitrogens with zero attached hydrogens (tertiary/aromatic N) is 1. The van der Waals surface area contributed by atoms with Gasteiger partial charge in [0, 0.05) is 17.8 Å². The molecule has 3 atom stereocenters. The number of hydrogen-bond acceptors (Lipinski definition) is 2. The van der Waals surface area contributed by atoms with E-state index in [1.54, 1.807) is 12.4 Å². The lowest BCUT2D eigenvalue weighted by Crippen LogP contribution is -2.48. The summed E-state index contributed by atoms with van der Waals surface area (Å²) in [5, 5.41) is 9.22. The van der Waals surface area contributed by atoms with Crippen molar-refractivity contribution in [2.45, 2.75) is 24.7 Å². The minimum atomic E-state index is -0.624. The molecule has 16 heavy (non-hydrogen) atoms. The van der Waals surface area contributed by atoms with E-state index in [2.05, 4.69) is 4.98 Å². The molecule has 3 fully saturated rings. The lowest BCUT2D eigenvalue weighted by atomic mass is 9.57. The Labute approximate surface area is 100 Å². The van der Waals surface area contributed by atoms with Gasteiger partial charge in [-0.05, 0) is 42.9 Å². The van der Waals surface area contributed by atoms with Crippen molar-refractivity contribution in [3.63, 3.8) is 0 Å². The summed E-state index contributed by atoms with van der Waals surface area (Å²) in [5.74, 6) is -0.365. The quantitative estimate of drug-likeness (QED) is 0.861. The highest BCUT2D eigenvalue weighted by Gasteiger charge is 2.62. The smallest absolute Gasteiger partial charge is 0.307 e. The molecule has 0 amide bonds. The fourth-order valence-electron chi connectivity index (χ4n) is 3.54. The molecule has 1 aromatic heterocycles. The maximum atomic E-state index is 11.2. The van der Waals surface area contributed by atoms with Gasteiger partial charge >= 0.3 is 5.97 Å². The number of halogens is 1. The number of carboxylic acid groups (broad SMARTS) is 1. The average molecular weight is 240 g/mol. The fraction of sp³-hybridized carbons (Fsp3) is 0.500. The molecule has 0 aromatic carbocycles. The van der Waals surface area contributed by atoms with E-state index in [1.807, 2.05) is 12.1 Å². The Morgan fingerprint density at radius 1 is 1.44 bits per heavy atom. The van der Waals surface area contributed by atoms with E-state index in [-0.39, 0.29) is 23.7 Å². The molecule has 4 heteroatoms. The topological polar surface area (TPSA) is 50.2 Å². The van der Waals surface area contributed by atoms with E-state index >= 15 is 0 Å². The molecule has 1 aromatic rings. The second-order valence-corrected chi connectivity index (χ2v) is 4.71. The Balaban J connectivity index is 0.000000963. The Kier molecular flexibility index (Phi) is 2.66. The summed E-state index contributed by atoms with van der Waals surface area (Å²) in [5.41, 5.74) is 1.10. The van der Waals surface area contributed by atoms with Crippen LogP contribution in [0.15, 0.2) is 24.5 Å². The van der Waals surface area contributed by atoms with Crippen molar-refractivity contribution in [2.24, 2.45) is 11.8 Å². The van der Waals surface area contributed by atoms with E-state index in [4.69, 9.17) is 0 Å². The highest BCUT2D eigenvalue weighted by molar-refractivity contribution is 5.85. The van der Waals surface area contributed by atoms with E-state index in [1.165, 1.54) is 5.56 Å². The summed E-state index contributed by atoms with van der Waals surface area (Å²) < 4.78 is 0. The molecule has 0 unspecified atom stereocenters. The summed E-state index contributed by atoms with van der Waals surface area (Å²) in [6, 6.07) is 3.94. The molecule has 86 valence electrons. The van der Waals surface area contributed by atoms with Crippen LogP contribution in [-0.2, 0) is 10.2 Å². The molecular formula is C12H14ClNO2. The van der Waals surface area contributed by atoms with Gasteiger partial charge in [0.15, 0.2) is 0 Å². The third-order valence-electron chi connectivity index (χ3n) is 4.18. The predicted octanol–water partition coefficient (Wildman–Crippen LogP) is 2.26. The first kappa shape index (κ1) is 11.4. The second-order valence-electron chi connectivity index (χ2n) is 4.71. The number of hydrogen-bond donors (Lipinski definition) is 1. The highest BCUT2D eigenvalue weighted by Crippen LogP contribution is 2.63. The van der Waals surface area contributed by atoms with Crippen molar-refractivity contribution < 1.29 is 9.90 Å². The van der Waals surface area contributed by atoms with Gasteiger partial charge in [-0.15, -0.1) is 12.4 Å². The number of carboxylic acids is 1. The first-order chi connectivity index (χ1) is 7.24. The monoisotopic (exact) mass is 239 g/mol. The van der Waals surface area contributed by atoms with E-state index in [0.717, 1.165) is 19.3 Å². The maximum absolute atomic E-state index is 11.2. The van der Waals surface area contributed by atoms with Crippen LogP contribution in [0, 0.1) is 11.8 Å². The molecule has 4 rings (SSSR count). The van der Waals surface area contributed by atoms with Crippen LogP contribution in [0.5, 0.6) is 0 Å². The van der Waals surface area contributed by atoms with Gasteiger partial charge in [0.2, 0.25) is 0 Å². The van der Waals surface area contributed by atoms with Crippen LogP contribution < -0.4 is 0 Å². The first-order valence-corrected chi connectivity index (χ1v) is 5.37. The van der Waals surface area contributed by atoms with Gasteiger partial charge in [-0.25, -0.2) is 0 Å². The van der Waals surface area contributed by atoms with Crippen LogP contribution >= 0.6 is 12.4 Å². The number of fused-ring (bicyclic) bond motifs is 1. The van der Waals surface area contributed by atoms with Gasteiger partial charge in [-0.3, -0.25) is 9.78 Å². The fourth-order valence-corrected chi connectivity index (χ4v) is 3.54. The first-order valence-electron chi connectivity index (χ1n) is 5.37. The molecular weight excluding hydrogens is 226 g/mol. The van der Waals surface area contributed by atoms with Crippen LogP contribution in [0.4, 0.5) is 0 Å². The van der Waals surface area contributed by atoms with Crippen molar-refractivity contribution in [2.75, 3.05) is 0 Å². The van der Waals surface area contributed by atoms with Gasteiger partial charge in [0.1, 0.15) is 0 Å². The minimum Gasteiger partial charge on any atom is -0.481 e. The van der Waals surface area contributed by atoms with Crippen molar-refractivity contribution in [3.05, 3.63) is 30.1 Å². The molecule has 3 aliphatic carbocycles. The third-order valence-corrected chi connectivity index (χ3v) is 4.18. The number of aromatic nitrogens is 1. The van der Waals surface area contributed by atoms with Crippen LogP contribution in [0.3, 0.4) is 0 Å². The Hall–Kier alpha value is -1.09. The number of aliphatic carboxylic acids is 1. The average Bonchev–Trinajstić information content (AvgIpc) is 2.76. The van der Waals surface area contributed by atoms with E-state index < -0.39 is 5.97 Å². The van der Waals surface area contributed by atoms with Crippen LogP contribution in [-0.4, -0.2) is 16.1 Å². The zero-order valence-electron chi connectivity index (χ0n) is 8.80. The number of rotatable bonds is 2. The molecule has 0 aliphatic heterocycles. The molecule has 1 N–H and O–H groups in total. The lowest BCUT2D eigenvalue weighted by Gasteiger charge is -2.45. The van der Waals surface area contributed by atoms with E-state index in [0.29, 0.717) is 5.92 Å². The molecule has 3 nitrogen and oxygen atoms in total. The van der Waals surface area contributed by atoms with Gasteiger partial charge in [-0.2, -0.15) is 0 Å². The van der Waals surface area contributed by atoms with Crippen LogP contribution in [0.25, 0.3) is 0 Å². The number of carbonyl (C=O) groups is 1. The molecule has 3 saturated carbocycles. The summed E-state index contributed by atoms with van der Waals surface area (Å²) >= 11 is 0. The summed E-state index contributed by atoms with van der Waals surface area (Å²) in [6.45, 7) is 0. The van der Waals surface area contributed by atoms with Gasteiger partial charge in [0.25, 0.3) is 0 Å². The SMILES string of the molecule is Cl.O=C(O)[C@@H]1[C@@H]2CC[C@@]1(c1ccncc1)C2. The Morgan fingerprint density at radius 3 is 2.69 bits per heavy atom. The van der Waals surface area contributed by atoms with Crippen molar-refractivity contribution in [1.82, 2.24) is 4.98 Å². The normalized spacial score (nSPS) is 35.0. The number of pyridine rings is 1. The van der Waals surface area contributed by atoms with Crippen molar-refractivity contribution in [1.29, 1.82) is 0 Å². The molecule has 0 radical (unpaired) electrons. The van der Waals surface area contributed by atoms with Gasteiger partial charge < -0.3 is 5.11 Å². The third kappa shape index (κ3) is 1.27. The molecule has 0 saturated heterocycles. The second kappa shape index (κ2) is 3.74. The van der Waals surface area contributed by atoms with Gasteiger partial charge in [-0.1, -0.05) is 0 Å². The van der Waals surface area contributed by atoms with Gasteiger partial charge in [0.05, 0.1) is 5.92 Å². The highest BCUT2D eigenvalue weighted by atomic mass is 35.5. The van der Waals surface area contributed by atoms with Crippen LogP contribution in [0.1, 0.15) is 24.8 Å².